The molecule has 0 saturated carbocycles. The molecular weight excluding hydrogens is 260 g/mol. The van der Waals surface area contributed by atoms with Crippen molar-refractivity contribution in [2.45, 2.75) is 13.0 Å². The van der Waals surface area contributed by atoms with Crippen molar-refractivity contribution in [3.8, 4) is 6.07 Å². The number of aromatic nitrogens is 3. The summed E-state index contributed by atoms with van der Waals surface area (Å²) in [5.41, 5.74) is -0.284. The molecule has 0 fully saturated rings. The first-order valence-corrected chi connectivity index (χ1v) is 5.97. The second-order valence-corrected chi connectivity index (χ2v) is 3.97. The summed E-state index contributed by atoms with van der Waals surface area (Å²) in [5.74, 6) is 0.120. The molecule has 2 aromatic heterocycles. The number of hydrogen-bond acceptors (Lipinski definition) is 6. The van der Waals surface area contributed by atoms with Crippen molar-refractivity contribution in [2.24, 2.45) is 0 Å². The van der Waals surface area contributed by atoms with Gasteiger partial charge in [0.05, 0.1) is 4.92 Å². The molecular formula is C12H12N6O2. The van der Waals surface area contributed by atoms with Crippen molar-refractivity contribution in [3.63, 3.8) is 0 Å². The molecule has 0 aromatic carbocycles. The van der Waals surface area contributed by atoms with E-state index in [4.69, 9.17) is 5.26 Å². The zero-order chi connectivity index (χ0) is 14.4. The Labute approximate surface area is 114 Å². The Morgan fingerprint density at radius 2 is 2.35 bits per heavy atom. The van der Waals surface area contributed by atoms with Gasteiger partial charge in [-0.3, -0.25) is 14.8 Å². The van der Waals surface area contributed by atoms with E-state index in [1.165, 1.54) is 12.3 Å². The summed E-state index contributed by atoms with van der Waals surface area (Å²) in [6.45, 7) is 1.20. The van der Waals surface area contributed by atoms with E-state index in [2.05, 4.69) is 15.4 Å². The Balaban J connectivity index is 1.99. The summed E-state index contributed by atoms with van der Waals surface area (Å²) in [5, 5.41) is 26.8. The van der Waals surface area contributed by atoms with Crippen LogP contribution in [0.2, 0.25) is 0 Å². The van der Waals surface area contributed by atoms with Gasteiger partial charge in [0.15, 0.2) is 0 Å². The molecule has 0 aliphatic rings. The highest BCUT2D eigenvalue weighted by Crippen LogP contribution is 2.25. The maximum absolute atomic E-state index is 11.0. The third-order valence-corrected chi connectivity index (χ3v) is 2.64. The van der Waals surface area contributed by atoms with Crippen molar-refractivity contribution in [1.29, 1.82) is 5.26 Å². The van der Waals surface area contributed by atoms with E-state index in [0.29, 0.717) is 13.1 Å². The zero-order valence-corrected chi connectivity index (χ0v) is 10.6. The van der Waals surface area contributed by atoms with Crippen molar-refractivity contribution in [1.82, 2.24) is 14.8 Å². The van der Waals surface area contributed by atoms with Gasteiger partial charge in [0.1, 0.15) is 11.6 Å². The van der Waals surface area contributed by atoms with Crippen LogP contribution in [0, 0.1) is 21.4 Å². The molecule has 0 aliphatic heterocycles. The van der Waals surface area contributed by atoms with Gasteiger partial charge in [-0.25, -0.2) is 4.98 Å². The lowest BCUT2D eigenvalue weighted by Gasteiger charge is -2.06. The highest BCUT2D eigenvalue weighted by atomic mass is 16.6. The van der Waals surface area contributed by atoms with Gasteiger partial charge < -0.3 is 5.32 Å². The number of nitrogens with one attached hydrogen (secondary N) is 1. The summed E-state index contributed by atoms with van der Waals surface area (Å²) in [6, 6.07) is 4.95. The highest BCUT2D eigenvalue weighted by Gasteiger charge is 2.20. The number of nitro groups is 1. The fourth-order valence-corrected chi connectivity index (χ4v) is 1.74. The predicted molar refractivity (Wildman–Crippen MR) is 70.9 cm³/mol. The van der Waals surface area contributed by atoms with Crippen LogP contribution in [0.4, 0.5) is 11.5 Å². The van der Waals surface area contributed by atoms with Gasteiger partial charge in [-0.05, 0) is 18.6 Å². The lowest BCUT2D eigenvalue weighted by molar-refractivity contribution is -0.384. The standard InChI is InChI=1S/C12H12N6O2/c13-9-10-3-6-15-12(11(10)18(19)20)14-4-1-7-17-8-2-5-16-17/h2-3,5-6,8H,1,4,7H2,(H,14,15). The summed E-state index contributed by atoms with van der Waals surface area (Å²) in [6.07, 6.45) is 5.64. The Morgan fingerprint density at radius 3 is 3.00 bits per heavy atom. The van der Waals surface area contributed by atoms with Gasteiger partial charge in [0.25, 0.3) is 0 Å². The lowest BCUT2D eigenvalue weighted by atomic mass is 10.2. The van der Waals surface area contributed by atoms with Gasteiger partial charge in [-0.15, -0.1) is 0 Å². The Kier molecular flexibility index (Phi) is 4.24. The average Bonchev–Trinajstić information content (AvgIpc) is 2.96. The number of pyridine rings is 1. The molecule has 2 rings (SSSR count). The van der Waals surface area contributed by atoms with Gasteiger partial charge in [0, 0.05) is 31.7 Å². The first kappa shape index (κ1) is 13.5. The average molecular weight is 272 g/mol. The molecule has 1 N–H and O–H groups in total. The van der Waals surface area contributed by atoms with E-state index >= 15 is 0 Å². The molecule has 20 heavy (non-hydrogen) atoms. The largest absolute Gasteiger partial charge is 0.364 e. The summed E-state index contributed by atoms with van der Waals surface area (Å²) >= 11 is 0. The van der Waals surface area contributed by atoms with Crippen LogP contribution in [0.5, 0.6) is 0 Å². The number of anilines is 1. The zero-order valence-electron chi connectivity index (χ0n) is 10.6. The van der Waals surface area contributed by atoms with Crippen molar-refractivity contribution in [3.05, 3.63) is 46.4 Å². The van der Waals surface area contributed by atoms with E-state index in [1.807, 2.05) is 12.3 Å². The van der Waals surface area contributed by atoms with E-state index in [9.17, 15) is 10.1 Å². The lowest BCUT2D eigenvalue weighted by Crippen LogP contribution is -2.10. The molecule has 102 valence electrons. The molecule has 8 nitrogen and oxygen atoms in total. The normalized spacial score (nSPS) is 9.95. The third kappa shape index (κ3) is 3.08. The highest BCUT2D eigenvalue weighted by molar-refractivity contribution is 5.63. The van der Waals surface area contributed by atoms with Gasteiger partial charge >= 0.3 is 5.69 Å². The van der Waals surface area contributed by atoms with E-state index in [1.54, 1.807) is 16.9 Å². The molecule has 0 atom stereocenters. The second-order valence-electron chi connectivity index (χ2n) is 3.97. The van der Waals surface area contributed by atoms with Crippen LogP contribution in [-0.4, -0.2) is 26.2 Å². The third-order valence-electron chi connectivity index (χ3n) is 2.64. The minimum atomic E-state index is -0.596. The molecule has 2 aromatic rings. The molecule has 0 spiro atoms. The number of aryl methyl sites for hydroxylation is 1. The maximum atomic E-state index is 11.0. The van der Waals surface area contributed by atoms with Crippen LogP contribution in [0.25, 0.3) is 0 Å². The predicted octanol–water partition coefficient (Wildman–Crippen LogP) is 1.56. The van der Waals surface area contributed by atoms with Crippen molar-refractivity contribution in [2.75, 3.05) is 11.9 Å². The minimum Gasteiger partial charge on any atom is -0.364 e. The second kappa shape index (κ2) is 6.29. The van der Waals surface area contributed by atoms with Crippen LogP contribution in [0.15, 0.2) is 30.7 Å². The molecule has 8 heteroatoms. The monoisotopic (exact) mass is 272 g/mol. The number of rotatable bonds is 6. The molecule has 0 amide bonds. The number of nitrogens with zero attached hydrogens (tertiary/aromatic N) is 5. The smallest absolute Gasteiger partial charge is 0.328 e. The first-order chi connectivity index (χ1) is 9.72. The van der Waals surface area contributed by atoms with Gasteiger partial charge in [-0.1, -0.05) is 0 Å². The van der Waals surface area contributed by atoms with E-state index in [0.717, 1.165) is 6.42 Å². The van der Waals surface area contributed by atoms with Crippen LogP contribution >= 0.6 is 0 Å². The van der Waals surface area contributed by atoms with E-state index < -0.39 is 4.92 Å². The Hall–Kier alpha value is -2.95. The van der Waals surface area contributed by atoms with Crippen molar-refractivity contribution < 1.29 is 4.92 Å². The van der Waals surface area contributed by atoms with Crippen LogP contribution in [-0.2, 0) is 6.54 Å². The molecule has 0 radical (unpaired) electrons. The van der Waals surface area contributed by atoms with Crippen LogP contribution in [0.3, 0.4) is 0 Å². The molecule has 0 saturated heterocycles. The first-order valence-electron chi connectivity index (χ1n) is 5.97. The Bertz CT molecular complexity index is 632. The SMILES string of the molecule is N#Cc1ccnc(NCCCn2cccn2)c1[N+](=O)[O-]. The van der Waals surface area contributed by atoms with Crippen molar-refractivity contribution >= 4 is 11.5 Å². The minimum absolute atomic E-state index is 0.000392. The fraction of sp³-hybridized carbons (Fsp3) is 0.250. The quantitative estimate of drug-likeness (QED) is 0.485. The summed E-state index contributed by atoms with van der Waals surface area (Å²) in [4.78, 5) is 14.3. The Morgan fingerprint density at radius 1 is 1.50 bits per heavy atom. The summed E-state index contributed by atoms with van der Waals surface area (Å²) < 4.78 is 1.77. The fourth-order valence-electron chi connectivity index (χ4n) is 1.74. The number of nitriles is 1. The van der Waals surface area contributed by atoms with Crippen LogP contribution < -0.4 is 5.32 Å². The van der Waals surface area contributed by atoms with Gasteiger partial charge in [0.2, 0.25) is 5.82 Å². The van der Waals surface area contributed by atoms with E-state index in [-0.39, 0.29) is 17.1 Å². The van der Waals surface area contributed by atoms with Gasteiger partial charge in [-0.2, -0.15) is 10.4 Å². The summed E-state index contributed by atoms with van der Waals surface area (Å²) in [7, 11) is 0. The number of hydrogen-bond donors (Lipinski definition) is 1. The maximum Gasteiger partial charge on any atom is 0.328 e. The molecule has 0 aliphatic carbocycles. The molecule has 0 bridgehead atoms. The van der Waals surface area contributed by atoms with Crippen LogP contribution in [0.1, 0.15) is 12.0 Å². The molecule has 0 unspecified atom stereocenters. The molecule has 2 heterocycles. The topological polar surface area (TPSA) is 110 Å².